The van der Waals surface area contributed by atoms with E-state index in [-0.39, 0.29) is 5.97 Å². The SMILES string of the molecule is COC(=O)c1ccc2nnc(CCC3CCCC3)n2c1. The number of ether oxygens (including phenoxy) is 1. The highest BCUT2D eigenvalue weighted by Gasteiger charge is 2.16. The van der Waals surface area contributed by atoms with Crippen LogP contribution < -0.4 is 0 Å². The van der Waals surface area contributed by atoms with Crippen molar-refractivity contribution in [3.63, 3.8) is 0 Å². The van der Waals surface area contributed by atoms with Crippen molar-refractivity contribution in [1.29, 1.82) is 0 Å². The monoisotopic (exact) mass is 273 g/mol. The predicted octanol–water partition coefficient (Wildman–Crippen LogP) is 2.64. The molecular weight excluding hydrogens is 254 g/mol. The van der Waals surface area contributed by atoms with E-state index in [4.69, 9.17) is 4.74 Å². The fourth-order valence-corrected chi connectivity index (χ4v) is 2.98. The topological polar surface area (TPSA) is 56.5 Å². The van der Waals surface area contributed by atoms with Crippen LogP contribution in [0.3, 0.4) is 0 Å². The maximum atomic E-state index is 11.6. The number of hydrogen-bond acceptors (Lipinski definition) is 4. The molecule has 0 bridgehead atoms. The first kappa shape index (κ1) is 13.1. The van der Waals surface area contributed by atoms with Crippen LogP contribution in [-0.4, -0.2) is 27.7 Å². The molecule has 1 saturated carbocycles. The fraction of sp³-hybridized carbons (Fsp3) is 0.533. The molecule has 0 N–H and O–H groups in total. The standard InChI is InChI=1S/C15H19N3O2/c1-20-15(19)12-7-9-14-17-16-13(18(14)10-12)8-6-11-4-2-3-5-11/h7,9-11H,2-6,8H2,1H3. The van der Waals surface area contributed by atoms with Crippen LogP contribution in [-0.2, 0) is 11.2 Å². The zero-order valence-corrected chi connectivity index (χ0v) is 11.7. The Kier molecular flexibility index (Phi) is 3.67. The molecule has 20 heavy (non-hydrogen) atoms. The lowest BCUT2D eigenvalue weighted by molar-refractivity contribution is 0.0600. The van der Waals surface area contributed by atoms with Gasteiger partial charge in [0.2, 0.25) is 0 Å². The Morgan fingerprint density at radius 1 is 1.35 bits per heavy atom. The number of aromatic nitrogens is 3. The van der Waals surface area contributed by atoms with Gasteiger partial charge in [-0.1, -0.05) is 25.7 Å². The smallest absolute Gasteiger partial charge is 0.339 e. The molecule has 0 spiro atoms. The van der Waals surface area contributed by atoms with Crippen LogP contribution in [0.1, 0.15) is 48.3 Å². The van der Waals surface area contributed by atoms with E-state index < -0.39 is 0 Å². The van der Waals surface area contributed by atoms with Crippen LogP contribution in [0.4, 0.5) is 0 Å². The normalized spacial score (nSPS) is 15.8. The molecule has 2 aromatic heterocycles. The summed E-state index contributed by atoms with van der Waals surface area (Å²) in [5, 5.41) is 8.39. The maximum absolute atomic E-state index is 11.6. The highest BCUT2D eigenvalue weighted by atomic mass is 16.5. The zero-order valence-electron chi connectivity index (χ0n) is 11.7. The molecular formula is C15H19N3O2. The molecule has 5 heteroatoms. The first-order chi connectivity index (χ1) is 9.78. The summed E-state index contributed by atoms with van der Waals surface area (Å²) in [7, 11) is 1.39. The Bertz CT molecular complexity index is 615. The molecule has 2 aromatic rings. The van der Waals surface area contributed by atoms with Crippen molar-refractivity contribution in [1.82, 2.24) is 14.6 Å². The largest absolute Gasteiger partial charge is 0.465 e. The Balaban J connectivity index is 1.81. The lowest BCUT2D eigenvalue weighted by Gasteiger charge is -2.07. The molecule has 0 aliphatic heterocycles. The molecule has 5 nitrogen and oxygen atoms in total. The van der Waals surface area contributed by atoms with Crippen molar-refractivity contribution in [2.24, 2.45) is 5.92 Å². The Labute approximate surface area is 118 Å². The summed E-state index contributed by atoms with van der Waals surface area (Å²) in [4.78, 5) is 11.6. The summed E-state index contributed by atoms with van der Waals surface area (Å²) in [5.74, 6) is 1.42. The first-order valence-corrected chi connectivity index (χ1v) is 7.20. The number of nitrogens with zero attached hydrogens (tertiary/aromatic N) is 3. The van der Waals surface area contributed by atoms with Gasteiger partial charge in [0.25, 0.3) is 0 Å². The quantitative estimate of drug-likeness (QED) is 0.804. The van der Waals surface area contributed by atoms with E-state index in [0.29, 0.717) is 5.56 Å². The fourth-order valence-electron chi connectivity index (χ4n) is 2.98. The average molecular weight is 273 g/mol. The van der Waals surface area contributed by atoms with Crippen LogP contribution in [0, 0.1) is 5.92 Å². The summed E-state index contributed by atoms with van der Waals surface area (Å²) < 4.78 is 6.65. The Morgan fingerprint density at radius 2 is 2.15 bits per heavy atom. The molecule has 1 aliphatic rings. The van der Waals surface area contributed by atoms with E-state index >= 15 is 0 Å². The van der Waals surface area contributed by atoms with Crippen LogP contribution in [0.5, 0.6) is 0 Å². The van der Waals surface area contributed by atoms with Crippen molar-refractivity contribution in [3.8, 4) is 0 Å². The van der Waals surface area contributed by atoms with Crippen LogP contribution in [0.15, 0.2) is 18.3 Å². The van der Waals surface area contributed by atoms with Crippen LogP contribution >= 0.6 is 0 Å². The number of hydrogen-bond donors (Lipinski definition) is 0. The first-order valence-electron chi connectivity index (χ1n) is 7.20. The van der Waals surface area contributed by atoms with Crippen molar-refractivity contribution in [2.45, 2.75) is 38.5 Å². The summed E-state index contributed by atoms with van der Waals surface area (Å²) in [6.07, 6.45) is 9.23. The molecule has 0 saturated heterocycles. The van der Waals surface area contributed by atoms with Gasteiger partial charge in [-0.15, -0.1) is 10.2 Å². The second-order valence-electron chi connectivity index (χ2n) is 5.44. The lowest BCUT2D eigenvalue weighted by atomic mass is 10.0. The third-order valence-electron chi connectivity index (χ3n) is 4.14. The zero-order chi connectivity index (χ0) is 13.9. The lowest BCUT2D eigenvalue weighted by Crippen LogP contribution is -2.05. The summed E-state index contributed by atoms with van der Waals surface area (Å²) in [6, 6.07) is 3.52. The van der Waals surface area contributed by atoms with Crippen molar-refractivity contribution in [3.05, 3.63) is 29.7 Å². The van der Waals surface area contributed by atoms with E-state index in [0.717, 1.165) is 30.2 Å². The summed E-state index contributed by atoms with van der Waals surface area (Å²) in [6.45, 7) is 0. The van der Waals surface area contributed by atoms with Crippen molar-refractivity contribution in [2.75, 3.05) is 7.11 Å². The van der Waals surface area contributed by atoms with Crippen LogP contribution in [0.25, 0.3) is 5.65 Å². The molecule has 0 atom stereocenters. The van der Waals surface area contributed by atoms with Gasteiger partial charge in [0.1, 0.15) is 5.82 Å². The number of methoxy groups -OCH3 is 1. The summed E-state index contributed by atoms with van der Waals surface area (Å²) in [5.41, 5.74) is 1.31. The minimum Gasteiger partial charge on any atom is -0.465 e. The third kappa shape index (κ3) is 2.53. The van der Waals surface area contributed by atoms with Gasteiger partial charge in [-0.05, 0) is 24.5 Å². The number of pyridine rings is 1. The van der Waals surface area contributed by atoms with Crippen LogP contribution in [0.2, 0.25) is 0 Å². The highest BCUT2D eigenvalue weighted by molar-refractivity contribution is 5.89. The van der Waals surface area contributed by atoms with Gasteiger partial charge >= 0.3 is 5.97 Å². The van der Waals surface area contributed by atoms with Gasteiger partial charge in [0.05, 0.1) is 12.7 Å². The van der Waals surface area contributed by atoms with Gasteiger partial charge in [0, 0.05) is 12.6 Å². The van der Waals surface area contributed by atoms with Gasteiger partial charge in [-0.3, -0.25) is 4.40 Å². The molecule has 106 valence electrons. The number of carbonyl (C=O) groups excluding carboxylic acids is 1. The number of carbonyl (C=O) groups is 1. The molecule has 0 unspecified atom stereocenters. The molecule has 0 amide bonds. The van der Waals surface area contributed by atoms with Crippen molar-refractivity contribution < 1.29 is 9.53 Å². The van der Waals surface area contributed by atoms with Crippen molar-refractivity contribution >= 4 is 11.6 Å². The Morgan fingerprint density at radius 3 is 2.90 bits per heavy atom. The molecule has 0 radical (unpaired) electrons. The molecule has 1 fully saturated rings. The minimum absolute atomic E-state index is 0.331. The molecule has 1 aliphatic carbocycles. The second kappa shape index (κ2) is 5.61. The van der Waals surface area contributed by atoms with E-state index in [2.05, 4.69) is 10.2 Å². The third-order valence-corrected chi connectivity index (χ3v) is 4.14. The van der Waals surface area contributed by atoms with E-state index in [1.165, 1.54) is 32.8 Å². The second-order valence-corrected chi connectivity index (χ2v) is 5.44. The predicted molar refractivity (Wildman–Crippen MR) is 74.6 cm³/mol. The number of rotatable bonds is 4. The van der Waals surface area contributed by atoms with Gasteiger partial charge in [-0.2, -0.15) is 0 Å². The van der Waals surface area contributed by atoms with Gasteiger partial charge < -0.3 is 4.74 Å². The van der Waals surface area contributed by atoms with E-state index in [9.17, 15) is 4.79 Å². The van der Waals surface area contributed by atoms with E-state index in [1.807, 2.05) is 4.40 Å². The number of aryl methyl sites for hydroxylation is 1. The molecule has 0 aromatic carbocycles. The van der Waals surface area contributed by atoms with E-state index in [1.54, 1.807) is 18.3 Å². The summed E-state index contributed by atoms with van der Waals surface area (Å²) >= 11 is 0. The Hall–Kier alpha value is -1.91. The van der Waals surface area contributed by atoms with Gasteiger partial charge in [-0.25, -0.2) is 4.79 Å². The number of esters is 1. The van der Waals surface area contributed by atoms with Gasteiger partial charge in [0.15, 0.2) is 5.65 Å². The molecule has 2 heterocycles. The number of fused-ring (bicyclic) bond motifs is 1. The average Bonchev–Trinajstić information content (AvgIpc) is 3.13. The highest BCUT2D eigenvalue weighted by Crippen LogP contribution is 2.28. The maximum Gasteiger partial charge on any atom is 0.339 e. The molecule has 3 rings (SSSR count). The minimum atomic E-state index is -0.331.